The molecule has 3 nitrogen and oxygen atoms in total. The van der Waals surface area contributed by atoms with E-state index in [2.05, 4.69) is 23.7 Å². The van der Waals surface area contributed by atoms with Gasteiger partial charge >= 0.3 is 0 Å². The normalized spacial score (nSPS) is 24.9. The fourth-order valence-corrected chi connectivity index (χ4v) is 5.42. The van der Waals surface area contributed by atoms with E-state index in [9.17, 15) is 8.42 Å². The van der Waals surface area contributed by atoms with E-state index >= 15 is 0 Å². The van der Waals surface area contributed by atoms with Gasteiger partial charge in [-0.15, -0.1) is 11.3 Å². The first-order valence-corrected chi connectivity index (χ1v) is 8.63. The number of thiophene rings is 1. The van der Waals surface area contributed by atoms with Crippen molar-refractivity contribution in [3.8, 4) is 0 Å². The Morgan fingerprint density at radius 2 is 2.35 bits per heavy atom. The number of hydrogen-bond donors (Lipinski definition) is 1. The fourth-order valence-electron chi connectivity index (χ4n) is 2.49. The van der Waals surface area contributed by atoms with Gasteiger partial charge in [-0.25, -0.2) is 8.42 Å². The van der Waals surface area contributed by atoms with Gasteiger partial charge in [0.2, 0.25) is 0 Å². The quantitative estimate of drug-likeness (QED) is 0.914. The topological polar surface area (TPSA) is 46.2 Å². The summed E-state index contributed by atoms with van der Waals surface area (Å²) < 4.78 is 22.9. The first-order chi connectivity index (χ1) is 8.02. The zero-order valence-electron chi connectivity index (χ0n) is 10.3. The SMILES string of the molecule is CNC(CC1CCS(=O)(=O)C1)c1sccc1C. The van der Waals surface area contributed by atoms with Crippen LogP contribution in [0.2, 0.25) is 0 Å². The van der Waals surface area contributed by atoms with Crippen LogP contribution in [0.1, 0.15) is 29.3 Å². The molecular formula is C12H19NO2S2. The first-order valence-electron chi connectivity index (χ1n) is 5.93. The molecule has 1 saturated heterocycles. The molecule has 1 aliphatic heterocycles. The van der Waals surface area contributed by atoms with Crippen molar-refractivity contribution in [2.45, 2.75) is 25.8 Å². The molecule has 0 saturated carbocycles. The molecule has 2 rings (SSSR count). The van der Waals surface area contributed by atoms with E-state index in [4.69, 9.17) is 0 Å². The van der Waals surface area contributed by atoms with Crippen molar-refractivity contribution in [2.75, 3.05) is 18.6 Å². The standard InChI is InChI=1S/C12H19NO2S2/c1-9-3-5-16-12(9)11(13-2)7-10-4-6-17(14,15)8-10/h3,5,10-11,13H,4,6-8H2,1-2H3. The second-order valence-corrected chi connectivity index (χ2v) is 7.99. The molecular weight excluding hydrogens is 254 g/mol. The molecule has 1 aliphatic rings. The molecule has 2 heterocycles. The molecule has 1 fully saturated rings. The van der Waals surface area contributed by atoms with Crippen molar-refractivity contribution in [1.82, 2.24) is 5.32 Å². The van der Waals surface area contributed by atoms with Gasteiger partial charge in [0.15, 0.2) is 9.84 Å². The van der Waals surface area contributed by atoms with Crippen molar-refractivity contribution >= 4 is 21.2 Å². The molecule has 17 heavy (non-hydrogen) atoms. The van der Waals surface area contributed by atoms with Crippen molar-refractivity contribution < 1.29 is 8.42 Å². The van der Waals surface area contributed by atoms with Gasteiger partial charge in [-0.3, -0.25) is 0 Å². The smallest absolute Gasteiger partial charge is 0.150 e. The van der Waals surface area contributed by atoms with Crippen LogP contribution in [0, 0.1) is 12.8 Å². The van der Waals surface area contributed by atoms with Crippen LogP contribution in [0.15, 0.2) is 11.4 Å². The lowest BCUT2D eigenvalue weighted by Crippen LogP contribution is -2.20. The Kier molecular flexibility index (Phi) is 3.90. The molecule has 0 bridgehead atoms. The third-order valence-electron chi connectivity index (χ3n) is 3.46. The Hall–Kier alpha value is -0.390. The molecule has 2 atom stereocenters. The van der Waals surface area contributed by atoms with Crippen LogP contribution in [-0.4, -0.2) is 27.0 Å². The summed E-state index contributed by atoms with van der Waals surface area (Å²) in [5, 5.41) is 5.41. The second-order valence-electron chi connectivity index (χ2n) is 4.81. The van der Waals surface area contributed by atoms with Gasteiger partial charge in [0, 0.05) is 10.9 Å². The van der Waals surface area contributed by atoms with Gasteiger partial charge < -0.3 is 5.32 Å². The van der Waals surface area contributed by atoms with Crippen molar-refractivity contribution in [3.05, 3.63) is 21.9 Å². The summed E-state index contributed by atoms with van der Waals surface area (Å²) in [5.41, 5.74) is 1.30. The van der Waals surface area contributed by atoms with Gasteiger partial charge in [-0.2, -0.15) is 0 Å². The number of sulfone groups is 1. The van der Waals surface area contributed by atoms with Gasteiger partial charge in [0.05, 0.1) is 11.5 Å². The summed E-state index contributed by atoms with van der Waals surface area (Å²) in [5.74, 6) is 1.06. The Bertz CT molecular complexity index is 478. The van der Waals surface area contributed by atoms with Crippen LogP contribution >= 0.6 is 11.3 Å². The monoisotopic (exact) mass is 273 g/mol. The van der Waals surface area contributed by atoms with Crippen LogP contribution in [0.4, 0.5) is 0 Å². The Balaban J connectivity index is 2.04. The highest BCUT2D eigenvalue weighted by Gasteiger charge is 2.30. The lowest BCUT2D eigenvalue weighted by molar-refractivity contribution is 0.440. The molecule has 1 aromatic rings. The minimum Gasteiger partial charge on any atom is -0.312 e. The van der Waals surface area contributed by atoms with Crippen LogP contribution in [0.25, 0.3) is 0 Å². The van der Waals surface area contributed by atoms with Crippen molar-refractivity contribution in [3.63, 3.8) is 0 Å². The molecule has 0 aromatic carbocycles. The lowest BCUT2D eigenvalue weighted by Gasteiger charge is -2.19. The predicted octanol–water partition coefficient (Wildman–Crippen LogP) is 2.14. The van der Waals surface area contributed by atoms with Crippen LogP contribution < -0.4 is 5.32 Å². The minimum atomic E-state index is -2.75. The maximum atomic E-state index is 11.4. The predicted molar refractivity (Wildman–Crippen MR) is 72.2 cm³/mol. The highest BCUT2D eigenvalue weighted by molar-refractivity contribution is 7.91. The van der Waals surface area contributed by atoms with E-state index < -0.39 is 9.84 Å². The molecule has 0 amide bonds. The lowest BCUT2D eigenvalue weighted by atomic mass is 9.97. The summed E-state index contributed by atoms with van der Waals surface area (Å²) in [4.78, 5) is 1.34. The van der Waals surface area contributed by atoms with Gasteiger partial charge in [0.25, 0.3) is 0 Å². The first kappa shape index (κ1) is 13.1. The van der Waals surface area contributed by atoms with Gasteiger partial charge in [-0.1, -0.05) is 0 Å². The highest BCUT2D eigenvalue weighted by Crippen LogP contribution is 2.32. The molecule has 1 aromatic heterocycles. The molecule has 0 radical (unpaired) electrons. The van der Waals surface area contributed by atoms with Crippen LogP contribution in [-0.2, 0) is 9.84 Å². The highest BCUT2D eigenvalue weighted by atomic mass is 32.2. The van der Waals surface area contributed by atoms with Crippen molar-refractivity contribution in [1.29, 1.82) is 0 Å². The molecule has 2 unspecified atom stereocenters. The summed E-state index contributed by atoms with van der Waals surface area (Å²) >= 11 is 1.75. The van der Waals surface area contributed by atoms with Crippen LogP contribution in [0.3, 0.4) is 0 Å². The molecule has 0 aliphatic carbocycles. The van der Waals surface area contributed by atoms with E-state index in [1.54, 1.807) is 11.3 Å². The maximum Gasteiger partial charge on any atom is 0.150 e. The molecule has 1 N–H and O–H groups in total. The maximum absolute atomic E-state index is 11.4. The summed E-state index contributed by atoms with van der Waals surface area (Å²) in [7, 11) is -0.801. The zero-order chi connectivity index (χ0) is 12.5. The van der Waals surface area contributed by atoms with Crippen molar-refractivity contribution in [2.24, 2.45) is 5.92 Å². The third kappa shape index (κ3) is 3.09. The molecule has 5 heteroatoms. The Morgan fingerprint density at radius 3 is 2.82 bits per heavy atom. The largest absolute Gasteiger partial charge is 0.312 e. The number of rotatable bonds is 4. The number of hydrogen-bond acceptors (Lipinski definition) is 4. The molecule has 0 spiro atoms. The minimum absolute atomic E-state index is 0.299. The van der Waals surface area contributed by atoms with E-state index in [-0.39, 0.29) is 0 Å². The van der Waals surface area contributed by atoms with E-state index in [0.717, 1.165) is 12.8 Å². The van der Waals surface area contributed by atoms with Crippen LogP contribution in [0.5, 0.6) is 0 Å². The summed E-state index contributed by atoms with van der Waals surface area (Å²) in [6.45, 7) is 2.11. The Labute approximate surface area is 107 Å². The van der Waals surface area contributed by atoms with E-state index in [1.807, 2.05) is 7.05 Å². The van der Waals surface area contributed by atoms with E-state index in [0.29, 0.717) is 23.5 Å². The number of nitrogens with one attached hydrogen (secondary N) is 1. The van der Waals surface area contributed by atoms with Gasteiger partial charge in [-0.05, 0) is 49.7 Å². The average Bonchev–Trinajstić information content (AvgIpc) is 2.81. The van der Waals surface area contributed by atoms with Gasteiger partial charge in [0.1, 0.15) is 0 Å². The zero-order valence-corrected chi connectivity index (χ0v) is 11.9. The number of aryl methyl sites for hydroxylation is 1. The fraction of sp³-hybridized carbons (Fsp3) is 0.667. The Morgan fingerprint density at radius 1 is 1.59 bits per heavy atom. The third-order valence-corrected chi connectivity index (χ3v) is 6.43. The second kappa shape index (κ2) is 5.08. The summed E-state index contributed by atoms with van der Waals surface area (Å²) in [6, 6.07) is 2.42. The average molecular weight is 273 g/mol. The summed E-state index contributed by atoms with van der Waals surface area (Å²) in [6.07, 6.45) is 1.75. The van der Waals surface area contributed by atoms with E-state index in [1.165, 1.54) is 10.4 Å². The molecule has 96 valence electrons.